The number of carbonyl (C=O) groups excluding carboxylic acids is 4. The van der Waals surface area contributed by atoms with E-state index in [1.165, 1.54) is 15.9 Å². The smallest absolute Gasteiger partial charge is 0.411 e. The van der Waals surface area contributed by atoms with Gasteiger partial charge in [-0.3, -0.25) is 19.3 Å². The van der Waals surface area contributed by atoms with E-state index in [0.717, 1.165) is 11.3 Å². The summed E-state index contributed by atoms with van der Waals surface area (Å²) in [5.74, 6) is -1.12. The maximum absolute atomic E-state index is 13.4. The molecule has 2 N–H and O–H groups in total. The molecule has 2 aromatic rings. The zero-order valence-electron chi connectivity index (χ0n) is 21.7. The number of anilines is 2. The summed E-state index contributed by atoms with van der Waals surface area (Å²) in [5.41, 5.74) is 0.109. The summed E-state index contributed by atoms with van der Waals surface area (Å²) in [6.45, 7) is 5.90. The van der Waals surface area contributed by atoms with E-state index in [2.05, 4.69) is 16.7 Å². The molecule has 2 atom stereocenters. The molecule has 0 bridgehead atoms. The van der Waals surface area contributed by atoms with Gasteiger partial charge in [-0.05, 0) is 57.5 Å². The minimum atomic E-state index is -0.968. The van der Waals surface area contributed by atoms with Crippen molar-refractivity contribution in [2.75, 3.05) is 36.5 Å². The lowest BCUT2D eigenvalue weighted by Gasteiger charge is -2.28. The molecular formula is C26H28ClN5O6S. The molecule has 2 unspecified atom stereocenters. The zero-order valence-corrected chi connectivity index (χ0v) is 23.2. The molecule has 11 nitrogen and oxygen atoms in total. The highest BCUT2D eigenvalue weighted by atomic mass is 35.5. The van der Waals surface area contributed by atoms with Gasteiger partial charge in [-0.1, -0.05) is 11.6 Å². The fraction of sp³-hybridized carbons (Fsp3) is 0.423. The van der Waals surface area contributed by atoms with Gasteiger partial charge in [-0.2, -0.15) is 5.26 Å². The number of nitrogens with one attached hydrogen (secondary N) is 2. The van der Waals surface area contributed by atoms with E-state index in [1.54, 1.807) is 45.0 Å². The van der Waals surface area contributed by atoms with Crippen LogP contribution in [-0.2, 0) is 19.1 Å². The number of benzene rings is 1. The first-order chi connectivity index (χ1) is 18.4. The van der Waals surface area contributed by atoms with E-state index in [4.69, 9.17) is 21.1 Å². The molecule has 0 saturated carbocycles. The number of halogens is 1. The van der Waals surface area contributed by atoms with Crippen LogP contribution < -0.4 is 15.5 Å². The van der Waals surface area contributed by atoms with Gasteiger partial charge in [0.05, 0.1) is 27.1 Å². The third-order valence-electron chi connectivity index (χ3n) is 6.04. The molecule has 0 spiro atoms. The van der Waals surface area contributed by atoms with Crippen LogP contribution in [0.4, 0.5) is 16.2 Å². The predicted octanol–water partition coefficient (Wildman–Crippen LogP) is 3.38. The van der Waals surface area contributed by atoms with Gasteiger partial charge in [-0.25, -0.2) is 4.79 Å². The largest absolute Gasteiger partial charge is 0.444 e. The first-order valence-corrected chi connectivity index (χ1v) is 13.4. The highest BCUT2D eigenvalue weighted by Crippen LogP contribution is 2.28. The van der Waals surface area contributed by atoms with E-state index in [1.807, 2.05) is 0 Å². The molecule has 4 amide bonds. The van der Waals surface area contributed by atoms with Crippen LogP contribution in [0.1, 0.15) is 42.4 Å². The standard InChI is InChI=1S/C26H28ClN5O6S/c1-26(2,3)38-25(36)32-13-16(29-24(35)20-6-7-21(27)39-20)11-19(32)23(34)30-18-5-4-17(10-15(18)12-28)31-8-9-37-14-22(31)33/h4-7,10,16,19H,8-9,11,13-14H2,1-3H3,(H,29,35)(H,30,34). The molecule has 3 heterocycles. The quantitative estimate of drug-likeness (QED) is 0.558. The van der Waals surface area contributed by atoms with Crippen molar-refractivity contribution >= 4 is 58.1 Å². The number of nitrogens with zero attached hydrogens (tertiary/aromatic N) is 3. The van der Waals surface area contributed by atoms with Crippen molar-refractivity contribution in [2.24, 2.45) is 0 Å². The SMILES string of the molecule is CC(C)(C)OC(=O)N1CC(NC(=O)c2ccc(Cl)s2)CC1C(=O)Nc1ccc(N2CCOCC2=O)cc1C#N. The Balaban J connectivity index is 1.52. The van der Waals surface area contributed by atoms with Gasteiger partial charge in [0.15, 0.2) is 0 Å². The summed E-state index contributed by atoms with van der Waals surface area (Å²) in [5, 5.41) is 15.3. The lowest BCUT2D eigenvalue weighted by atomic mass is 10.1. The maximum atomic E-state index is 13.4. The van der Waals surface area contributed by atoms with Crippen LogP contribution >= 0.6 is 22.9 Å². The second-order valence-corrected chi connectivity index (χ2v) is 11.8. The van der Waals surface area contributed by atoms with E-state index in [0.29, 0.717) is 28.1 Å². The van der Waals surface area contributed by atoms with E-state index in [-0.39, 0.29) is 42.6 Å². The van der Waals surface area contributed by atoms with Gasteiger partial charge < -0.3 is 25.0 Å². The van der Waals surface area contributed by atoms with Crippen molar-refractivity contribution in [3.8, 4) is 6.07 Å². The number of carbonyl (C=O) groups is 4. The molecule has 0 aliphatic carbocycles. The van der Waals surface area contributed by atoms with Crippen molar-refractivity contribution in [1.82, 2.24) is 10.2 Å². The summed E-state index contributed by atoms with van der Waals surface area (Å²) < 4.78 is 11.1. The molecule has 2 saturated heterocycles. The van der Waals surface area contributed by atoms with Crippen LogP contribution in [0.2, 0.25) is 4.34 Å². The van der Waals surface area contributed by atoms with Crippen LogP contribution in [0.3, 0.4) is 0 Å². The van der Waals surface area contributed by atoms with E-state index < -0.39 is 29.7 Å². The molecule has 2 fully saturated rings. The van der Waals surface area contributed by atoms with Crippen LogP contribution in [0.25, 0.3) is 0 Å². The first-order valence-electron chi connectivity index (χ1n) is 12.2. The lowest BCUT2D eigenvalue weighted by Crippen LogP contribution is -2.45. The minimum absolute atomic E-state index is 0.0419. The zero-order chi connectivity index (χ0) is 28.3. The van der Waals surface area contributed by atoms with Gasteiger partial charge in [0.1, 0.15) is 24.3 Å². The summed E-state index contributed by atoms with van der Waals surface area (Å²) in [4.78, 5) is 54.5. The maximum Gasteiger partial charge on any atom is 0.411 e. The molecule has 4 rings (SSSR count). The topological polar surface area (TPSA) is 141 Å². The number of nitriles is 1. The van der Waals surface area contributed by atoms with Crippen molar-refractivity contribution in [1.29, 1.82) is 5.26 Å². The summed E-state index contributed by atoms with van der Waals surface area (Å²) in [7, 11) is 0. The number of likely N-dealkylation sites (tertiary alicyclic amines) is 1. The third kappa shape index (κ3) is 6.86. The summed E-state index contributed by atoms with van der Waals surface area (Å²) in [6, 6.07) is 8.48. The number of ether oxygens (including phenoxy) is 2. The number of rotatable bonds is 5. The Morgan fingerprint density at radius 2 is 2.00 bits per heavy atom. The molecule has 39 heavy (non-hydrogen) atoms. The number of hydrogen-bond donors (Lipinski definition) is 2. The highest BCUT2D eigenvalue weighted by molar-refractivity contribution is 7.18. The Bertz CT molecular complexity index is 1330. The third-order valence-corrected chi connectivity index (χ3v) is 7.27. The van der Waals surface area contributed by atoms with Crippen LogP contribution in [0, 0.1) is 11.3 Å². The summed E-state index contributed by atoms with van der Waals surface area (Å²) >= 11 is 7.07. The Kier molecular flexibility index (Phi) is 8.44. The number of thiophene rings is 1. The summed E-state index contributed by atoms with van der Waals surface area (Å²) in [6.07, 6.45) is -0.557. The van der Waals surface area contributed by atoms with Crippen LogP contribution in [-0.4, -0.2) is 72.7 Å². The Morgan fingerprint density at radius 3 is 2.64 bits per heavy atom. The molecule has 206 valence electrons. The molecule has 1 aromatic heterocycles. The van der Waals surface area contributed by atoms with Gasteiger partial charge in [0.2, 0.25) is 5.91 Å². The average molecular weight is 574 g/mol. The fourth-order valence-corrected chi connectivity index (χ4v) is 5.26. The minimum Gasteiger partial charge on any atom is -0.444 e. The highest BCUT2D eigenvalue weighted by Gasteiger charge is 2.42. The van der Waals surface area contributed by atoms with Crippen molar-refractivity contribution < 1.29 is 28.7 Å². The Labute approximate surface area is 234 Å². The molecule has 2 aliphatic heterocycles. The van der Waals surface area contributed by atoms with E-state index >= 15 is 0 Å². The fourth-order valence-electron chi connectivity index (χ4n) is 4.31. The lowest BCUT2D eigenvalue weighted by molar-refractivity contribution is -0.125. The predicted molar refractivity (Wildman–Crippen MR) is 145 cm³/mol. The molecular weight excluding hydrogens is 546 g/mol. The van der Waals surface area contributed by atoms with Crippen LogP contribution in [0.15, 0.2) is 30.3 Å². The molecule has 13 heteroatoms. The first kappa shape index (κ1) is 28.4. The molecule has 1 aromatic carbocycles. The number of amides is 4. The Morgan fingerprint density at radius 1 is 1.23 bits per heavy atom. The van der Waals surface area contributed by atoms with Crippen molar-refractivity contribution in [3.05, 3.63) is 45.1 Å². The average Bonchev–Trinajstić information content (AvgIpc) is 3.50. The normalized spacial score (nSPS) is 19.4. The van der Waals surface area contributed by atoms with Crippen molar-refractivity contribution in [2.45, 2.75) is 44.9 Å². The number of hydrogen-bond acceptors (Lipinski definition) is 8. The van der Waals surface area contributed by atoms with Gasteiger partial charge in [0, 0.05) is 24.8 Å². The van der Waals surface area contributed by atoms with Crippen molar-refractivity contribution in [3.63, 3.8) is 0 Å². The molecule has 2 aliphatic rings. The second kappa shape index (κ2) is 11.6. The second-order valence-electron chi connectivity index (χ2n) is 10.1. The van der Waals surface area contributed by atoms with Gasteiger partial charge >= 0.3 is 6.09 Å². The van der Waals surface area contributed by atoms with Gasteiger partial charge in [0.25, 0.3) is 11.8 Å². The monoisotopic (exact) mass is 573 g/mol. The van der Waals surface area contributed by atoms with Gasteiger partial charge in [-0.15, -0.1) is 11.3 Å². The van der Waals surface area contributed by atoms with Crippen LogP contribution in [0.5, 0.6) is 0 Å². The van der Waals surface area contributed by atoms with E-state index in [9.17, 15) is 24.4 Å². The molecule has 0 radical (unpaired) electrons. The Hall–Kier alpha value is -3.66. The number of morpholine rings is 1.